The molecular weight excluding hydrogens is 248 g/mol. The molecule has 0 radical (unpaired) electrons. The summed E-state index contributed by atoms with van der Waals surface area (Å²) in [5.41, 5.74) is 3.27. The molecule has 1 unspecified atom stereocenters. The lowest BCUT2D eigenvalue weighted by Crippen LogP contribution is -2.23. The van der Waals surface area contributed by atoms with Crippen molar-refractivity contribution in [2.45, 2.75) is 59.8 Å². The second-order valence-electron chi connectivity index (χ2n) is 7.01. The maximum Gasteiger partial charge on any atom is -0.00902 e. The fourth-order valence-electron chi connectivity index (χ4n) is 3.22. The third kappa shape index (κ3) is 5.22. The molecule has 19 heavy (non-hydrogen) atoms. The van der Waals surface area contributed by atoms with Crippen LogP contribution in [0.1, 0.15) is 64.5 Å². The summed E-state index contributed by atoms with van der Waals surface area (Å²) in [7, 11) is 0. The number of rotatable bonds is 6. The lowest BCUT2D eigenvalue weighted by atomic mass is 9.70. The van der Waals surface area contributed by atoms with Gasteiger partial charge >= 0.3 is 0 Å². The molecule has 0 nitrogen and oxygen atoms in total. The van der Waals surface area contributed by atoms with Crippen LogP contribution in [0.3, 0.4) is 0 Å². The fourth-order valence-corrected chi connectivity index (χ4v) is 3.44. The van der Waals surface area contributed by atoms with Gasteiger partial charge in [0.05, 0.1) is 0 Å². The van der Waals surface area contributed by atoms with Gasteiger partial charge in [-0.15, -0.1) is 0 Å². The summed E-state index contributed by atoms with van der Waals surface area (Å²) < 4.78 is 0. The second kappa shape index (κ2) is 7.38. The lowest BCUT2D eigenvalue weighted by molar-refractivity contribution is 0.258. The molecule has 0 fully saturated rings. The molecule has 0 heterocycles. The van der Waals surface area contributed by atoms with Crippen molar-refractivity contribution in [2.24, 2.45) is 11.3 Å². The van der Waals surface area contributed by atoms with E-state index in [0.29, 0.717) is 17.3 Å². The monoisotopic (exact) mass is 278 g/mol. The minimum absolute atomic E-state index is 0.321. The summed E-state index contributed by atoms with van der Waals surface area (Å²) in [6.07, 6.45) is 3.64. The van der Waals surface area contributed by atoms with Crippen molar-refractivity contribution >= 4 is 12.6 Å². The highest BCUT2D eigenvalue weighted by molar-refractivity contribution is 7.80. The molecule has 0 amide bonds. The van der Waals surface area contributed by atoms with Gasteiger partial charge in [0.15, 0.2) is 0 Å². The molecular formula is C18H30S. The van der Waals surface area contributed by atoms with E-state index >= 15 is 0 Å². The Morgan fingerprint density at radius 1 is 1.00 bits per heavy atom. The van der Waals surface area contributed by atoms with Crippen molar-refractivity contribution in [3.05, 3.63) is 35.4 Å². The van der Waals surface area contributed by atoms with Gasteiger partial charge in [-0.3, -0.25) is 0 Å². The molecule has 0 aromatic heterocycles. The van der Waals surface area contributed by atoms with Crippen molar-refractivity contribution < 1.29 is 0 Å². The minimum Gasteiger partial charge on any atom is -0.179 e. The first-order valence-corrected chi connectivity index (χ1v) is 8.19. The van der Waals surface area contributed by atoms with Crippen LogP contribution in [-0.2, 0) is 6.42 Å². The number of hydrogen-bond acceptors (Lipinski definition) is 1. The number of thiol groups is 1. The Bertz CT molecular complexity index is 356. The molecule has 0 aliphatic heterocycles. The zero-order valence-corrected chi connectivity index (χ0v) is 14.1. The Labute approximate surface area is 125 Å². The van der Waals surface area contributed by atoms with Gasteiger partial charge in [-0.25, -0.2) is 0 Å². The molecule has 0 spiro atoms. The third-order valence-electron chi connectivity index (χ3n) is 3.81. The van der Waals surface area contributed by atoms with E-state index in [0.717, 1.165) is 5.75 Å². The maximum absolute atomic E-state index is 4.26. The number of hydrogen-bond donors (Lipinski definition) is 1. The summed E-state index contributed by atoms with van der Waals surface area (Å²) in [5, 5.41) is 0. The minimum atomic E-state index is 0.321. The van der Waals surface area contributed by atoms with Gasteiger partial charge in [0.1, 0.15) is 0 Å². The van der Waals surface area contributed by atoms with Crippen LogP contribution in [0.15, 0.2) is 24.3 Å². The molecule has 0 saturated heterocycles. The summed E-state index contributed by atoms with van der Waals surface area (Å²) >= 11 is 4.26. The number of aryl methyl sites for hydroxylation is 1. The van der Waals surface area contributed by atoms with E-state index in [1.54, 1.807) is 0 Å². The van der Waals surface area contributed by atoms with Crippen LogP contribution in [0.25, 0.3) is 0 Å². The fraction of sp³-hybridized carbons (Fsp3) is 0.667. The van der Waals surface area contributed by atoms with Gasteiger partial charge in [-0.1, -0.05) is 58.9 Å². The second-order valence-corrected chi connectivity index (χ2v) is 7.46. The Balaban J connectivity index is 2.78. The van der Waals surface area contributed by atoms with E-state index in [2.05, 4.69) is 71.5 Å². The van der Waals surface area contributed by atoms with Crippen LogP contribution in [0.4, 0.5) is 0 Å². The Morgan fingerprint density at radius 2 is 1.58 bits per heavy atom. The quantitative estimate of drug-likeness (QED) is 0.499. The predicted octanol–water partition coefficient (Wildman–Crippen LogP) is 5.72. The van der Waals surface area contributed by atoms with Gasteiger partial charge in [0.25, 0.3) is 0 Å². The van der Waals surface area contributed by atoms with Gasteiger partial charge in [-0.2, -0.15) is 12.6 Å². The Morgan fingerprint density at radius 3 is 2.00 bits per heavy atom. The largest absolute Gasteiger partial charge is 0.179 e. The maximum atomic E-state index is 4.26. The van der Waals surface area contributed by atoms with Crippen molar-refractivity contribution in [1.82, 2.24) is 0 Å². The first kappa shape index (κ1) is 16.6. The zero-order valence-electron chi connectivity index (χ0n) is 13.2. The highest BCUT2D eigenvalue weighted by atomic mass is 32.1. The molecule has 1 rings (SSSR count). The highest BCUT2D eigenvalue weighted by Crippen LogP contribution is 2.40. The molecule has 1 aromatic rings. The summed E-state index contributed by atoms with van der Waals surface area (Å²) in [4.78, 5) is 0. The molecule has 1 atom stereocenters. The van der Waals surface area contributed by atoms with Crippen molar-refractivity contribution in [3.63, 3.8) is 0 Å². The van der Waals surface area contributed by atoms with E-state index in [4.69, 9.17) is 0 Å². The molecule has 0 aliphatic rings. The van der Waals surface area contributed by atoms with Crippen LogP contribution < -0.4 is 0 Å². The molecule has 0 N–H and O–H groups in total. The predicted molar refractivity (Wildman–Crippen MR) is 90.3 cm³/mol. The van der Waals surface area contributed by atoms with E-state index in [-0.39, 0.29) is 0 Å². The van der Waals surface area contributed by atoms with E-state index in [9.17, 15) is 0 Å². The normalized spacial score (nSPS) is 13.8. The first-order chi connectivity index (χ1) is 8.86. The lowest BCUT2D eigenvalue weighted by Gasteiger charge is -2.34. The molecule has 0 aliphatic carbocycles. The molecule has 108 valence electrons. The van der Waals surface area contributed by atoms with Crippen LogP contribution in [-0.4, -0.2) is 5.75 Å². The molecule has 1 heteroatoms. The van der Waals surface area contributed by atoms with Crippen molar-refractivity contribution in [2.75, 3.05) is 5.75 Å². The average molecular weight is 279 g/mol. The molecule has 0 saturated carbocycles. The Kier molecular flexibility index (Phi) is 6.46. The Hall–Kier alpha value is -0.430. The first-order valence-electron chi connectivity index (χ1n) is 7.56. The van der Waals surface area contributed by atoms with E-state index in [1.165, 1.54) is 30.4 Å². The standard InChI is InChI=1S/C18H30S/c1-14(2)17(18(3,4)5)16-11-9-15(10-12-16)8-6-7-13-19/h9-12,14,17,19H,6-8,13H2,1-5H3. The van der Waals surface area contributed by atoms with E-state index < -0.39 is 0 Å². The van der Waals surface area contributed by atoms with Gasteiger partial charge in [-0.05, 0) is 53.4 Å². The molecule has 1 aromatic carbocycles. The average Bonchev–Trinajstić information content (AvgIpc) is 2.29. The van der Waals surface area contributed by atoms with Crippen molar-refractivity contribution in [1.29, 1.82) is 0 Å². The van der Waals surface area contributed by atoms with Crippen LogP contribution in [0.2, 0.25) is 0 Å². The smallest absolute Gasteiger partial charge is 0.00902 e. The summed E-state index contributed by atoms with van der Waals surface area (Å²) in [5.74, 6) is 2.30. The summed E-state index contributed by atoms with van der Waals surface area (Å²) in [6.45, 7) is 11.7. The number of benzene rings is 1. The van der Waals surface area contributed by atoms with Crippen LogP contribution in [0.5, 0.6) is 0 Å². The highest BCUT2D eigenvalue weighted by Gasteiger charge is 2.28. The topological polar surface area (TPSA) is 0 Å². The molecule has 0 bridgehead atoms. The van der Waals surface area contributed by atoms with E-state index in [1.807, 2.05) is 0 Å². The van der Waals surface area contributed by atoms with Gasteiger partial charge < -0.3 is 0 Å². The van der Waals surface area contributed by atoms with Gasteiger partial charge in [0, 0.05) is 0 Å². The van der Waals surface area contributed by atoms with Crippen molar-refractivity contribution in [3.8, 4) is 0 Å². The van der Waals surface area contributed by atoms with Crippen LogP contribution >= 0.6 is 12.6 Å². The zero-order chi connectivity index (χ0) is 14.5. The third-order valence-corrected chi connectivity index (χ3v) is 4.13. The van der Waals surface area contributed by atoms with Gasteiger partial charge in [0.2, 0.25) is 0 Å². The number of unbranched alkanes of at least 4 members (excludes halogenated alkanes) is 1. The summed E-state index contributed by atoms with van der Waals surface area (Å²) in [6, 6.07) is 9.31. The van der Waals surface area contributed by atoms with Crippen LogP contribution in [0, 0.1) is 11.3 Å². The SMILES string of the molecule is CC(C)C(c1ccc(CCCCS)cc1)C(C)(C)C.